The van der Waals surface area contributed by atoms with Crippen LogP contribution in [0.1, 0.15) is 55.6 Å². The zero-order valence-corrected chi connectivity index (χ0v) is 61.0. The first-order chi connectivity index (χ1) is 56.3. The van der Waals surface area contributed by atoms with Crippen LogP contribution in [0.4, 0.5) is 0 Å². The zero-order chi connectivity index (χ0) is 75.6. The van der Waals surface area contributed by atoms with Gasteiger partial charge >= 0.3 is 0 Å². The summed E-state index contributed by atoms with van der Waals surface area (Å²) in [5, 5.41) is 23.4. The molecule has 0 fully saturated rings. The maximum Gasteiger partial charge on any atom is 0.164 e. The van der Waals surface area contributed by atoms with Crippen LogP contribution in [0.25, 0.3) is 146 Å². The van der Waals surface area contributed by atoms with E-state index in [-0.39, 0.29) is 0 Å². The van der Waals surface area contributed by atoms with Gasteiger partial charge in [0.05, 0.1) is 34.1 Å². The lowest BCUT2D eigenvalue weighted by atomic mass is 9.66. The highest BCUT2D eigenvalue weighted by molar-refractivity contribution is 5.93. The van der Waals surface area contributed by atoms with Gasteiger partial charge in [-0.1, -0.05) is 297 Å². The van der Waals surface area contributed by atoms with E-state index >= 15 is 0 Å². The Morgan fingerprint density at radius 1 is 0.202 bits per heavy atom. The third kappa shape index (κ3) is 10.3. The molecule has 0 saturated heterocycles. The van der Waals surface area contributed by atoms with Crippen molar-refractivity contribution in [2.24, 2.45) is 0 Å². The second kappa shape index (κ2) is 26.0. The van der Waals surface area contributed by atoms with Gasteiger partial charge in [0, 0.05) is 61.2 Å². The molecule has 528 valence electrons. The molecule has 2 aliphatic carbocycles. The second-order valence-electron chi connectivity index (χ2n) is 29.4. The Hall–Kier alpha value is -15.6. The molecule has 10 heteroatoms. The molecule has 0 saturated carbocycles. The lowest BCUT2D eigenvalue weighted by molar-refractivity contribution is 0.436. The maximum atomic E-state index is 11.2. The third-order valence-corrected chi connectivity index (χ3v) is 23.2. The molecule has 0 unspecified atom stereocenters. The summed E-state index contributed by atoms with van der Waals surface area (Å²) in [5.41, 5.74) is 24.9. The molecular weight excluding hydrogens is 1390 g/mol. The predicted octanol–water partition coefficient (Wildman–Crippen LogP) is 24.6. The van der Waals surface area contributed by atoms with Crippen LogP contribution in [0.3, 0.4) is 0 Å². The Balaban J connectivity index is 0.668. The number of hydrogen-bond donors (Lipinski definition) is 0. The van der Waals surface area contributed by atoms with E-state index in [4.69, 9.17) is 39.4 Å². The molecule has 114 heavy (non-hydrogen) atoms. The number of nitrogens with zero attached hydrogens (tertiary/aromatic N) is 8. The Morgan fingerprint density at radius 2 is 0.526 bits per heavy atom. The van der Waals surface area contributed by atoms with Crippen molar-refractivity contribution in [2.75, 3.05) is 0 Å². The minimum atomic E-state index is -0.797. The first-order valence-corrected chi connectivity index (χ1v) is 38.0. The van der Waals surface area contributed by atoms with Gasteiger partial charge in [-0.25, -0.2) is 29.9 Å². The fourth-order valence-corrected chi connectivity index (χ4v) is 18.0. The summed E-state index contributed by atoms with van der Waals surface area (Å²) < 4.78 is 14.7. The molecule has 4 aliphatic rings. The van der Waals surface area contributed by atoms with Gasteiger partial charge in [0.1, 0.15) is 23.0 Å². The molecule has 0 N–H and O–H groups in total. The predicted molar refractivity (Wildman–Crippen MR) is 449 cm³/mol. The van der Waals surface area contributed by atoms with Crippen molar-refractivity contribution in [3.63, 3.8) is 0 Å². The topological polar surface area (TPSA) is 143 Å². The molecule has 0 atom stereocenters. The van der Waals surface area contributed by atoms with Gasteiger partial charge in [0.2, 0.25) is 0 Å². The minimum Gasteiger partial charge on any atom is -0.457 e. The smallest absolute Gasteiger partial charge is 0.164 e. The molecule has 18 aromatic rings. The van der Waals surface area contributed by atoms with E-state index in [0.29, 0.717) is 69.1 Å². The number of ether oxygens (including phenoxy) is 2. The SMILES string of the molecule is N#Cc1cccc(-c2ccc3c(c2)Oc2cc(-c4nc(-c5cccc(-c6ccccc6)c5)nc(-c5cccc(-c6ccc(C#N)c(-c7ccc8c(c7)Oc7cc(-c9nc(-c%10ccccc%10)nc(-c%10ccc%11ccccc%11c%10)n9)ccc7C87c8ccccc8-c8ccccc87)c6)c5)n4)ccc2C32c3ccccc3-c3ccccc32)c1. The van der Waals surface area contributed by atoms with Crippen LogP contribution in [0.2, 0.25) is 0 Å². The van der Waals surface area contributed by atoms with Crippen molar-refractivity contribution in [1.82, 2.24) is 29.9 Å². The number of nitriles is 2. The fourth-order valence-electron chi connectivity index (χ4n) is 18.0. The lowest BCUT2D eigenvalue weighted by Gasteiger charge is -2.39. The van der Waals surface area contributed by atoms with Crippen molar-refractivity contribution < 1.29 is 9.47 Å². The zero-order valence-electron chi connectivity index (χ0n) is 61.0. The Bertz CT molecular complexity index is 7090. The second-order valence-corrected chi connectivity index (χ2v) is 29.4. The van der Waals surface area contributed by atoms with E-state index in [1.807, 2.05) is 121 Å². The highest BCUT2D eigenvalue weighted by atomic mass is 16.5. The van der Waals surface area contributed by atoms with E-state index in [9.17, 15) is 10.5 Å². The van der Waals surface area contributed by atoms with Gasteiger partial charge in [0.15, 0.2) is 34.9 Å². The van der Waals surface area contributed by atoms with Crippen LogP contribution < -0.4 is 9.47 Å². The fraction of sp³-hybridized carbons (Fsp3) is 0.0192. The average molecular weight is 1450 g/mol. The molecule has 16 aromatic carbocycles. The number of hydrogen-bond acceptors (Lipinski definition) is 10. The lowest BCUT2D eigenvalue weighted by Crippen LogP contribution is -2.32. The first kappa shape index (κ1) is 65.5. The van der Waals surface area contributed by atoms with Crippen LogP contribution in [-0.2, 0) is 10.8 Å². The van der Waals surface area contributed by atoms with Crippen molar-refractivity contribution in [3.05, 3.63) is 420 Å². The van der Waals surface area contributed by atoms with Crippen LogP contribution in [0, 0.1) is 22.7 Å². The number of rotatable bonds is 10. The van der Waals surface area contributed by atoms with Crippen molar-refractivity contribution in [3.8, 4) is 170 Å². The molecule has 0 amide bonds. The molecule has 2 aliphatic heterocycles. The largest absolute Gasteiger partial charge is 0.457 e. The van der Waals surface area contributed by atoms with Crippen molar-refractivity contribution >= 4 is 10.8 Å². The van der Waals surface area contributed by atoms with E-state index in [1.54, 1.807) is 0 Å². The van der Waals surface area contributed by atoms with Gasteiger partial charge < -0.3 is 9.47 Å². The van der Waals surface area contributed by atoms with Crippen molar-refractivity contribution in [1.29, 1.82) is 10.5 Å². The van der Waals surface area contributed by atoms with Crippen molar-refractivity contribution in [2.45, 2.75) is 10.8 Å². The van der Waals surface area contributed by atoms with Gasteiger partial charge in [-0.05, 0) is 161 Å². The van der Waals surface area contributed by atoms with Crippen LogP contribution in [0.15, 0.2) is 364 Å². The maximum absolute atomic E-state index is 11.2. The summed E-state index contributed by atoms with van der Waals surface area (Å²) in [6, 6.07) is 131. The van der Waals surface area contributed by atoms with Gasteiger partial charge in [0.25, 0.3) is 0 Å². The normalized spacial score (nSPS) is 13.0. The molecule has 4 heterocycles. The Kier molecular flexibility index (Phi) is 15.0. The third-order valence-electron chi connectivity index (χ3n) is 23.2. The highest BCUT2D eigenvalue weighted by Gasteiger charge is 2.53. The molecule has 2 spiro atoms. The van der Waals surface area contributed by atoms with Crippen LogP contribution in [0.5, 0.6) is 23.0 Å². The summed E-state index contributed by atoms with van der Waals surface area (Å²) in [4.78, 5) is 31.8. The number of aromatic nitrogens is 6. The average Bonchev–Trinajstić information content (AvgIpc) is 1.50. The number of benzene rings is 16. The molecule has 0 radical (unpaired) electrons. The Labute approximate surface area is 657 Å². The molecule has 2 aromatic heterocycles. The number of fused-ring (bicyclic) bond motifs is 19. The van der Waals surface area contributed by atoms with E-state index < -0.39 is 10.8 Å². The Morgan fingerprint density at radius 3 is 1.02 bits per heavy atom. The summed E-state index contributed by atoms with van der Waals surface area (Å²) in [6.45, 7) is 0. The molecule has 22 rings (SSSR count). The molecular formula is C104H60N8O2. The van der Waals surface area contributed by atoms with Crippen LogP contribution >= 0.6 is 0 Å². The summed E-state index contributed by atoms with van der Waals surface area (Å²) in [6.07, 6.45) is 0. The first-order valence-electron chi connectivity index (χ1n) is 38.0. The summed E-state index contributed by atoms with van der Waals surface area (Å²) >= 11 is 0. The molecule has 0 bridgehead atoms. The summed E-state index contributed by atoms with van der Waals surface area (Å²) in [7, 11) is 0. The van der Waals surface area contributed by atoms with Gasteiger partial charge in [-0.15, -0.1) is 0 Å². The van der Waals surface area contributed by atoms with Crippen LogP contribution in [-0.4, -0.2) is 29.9 Å². The highest BCUT2D eigenvalue weighted by Crippen LogP contribution is 2.65. The summed E-state index contributed by atoms with van der Waals surface area (Å²) in [5.74, 6) is 5.74. The quantitative estimate of drug-likeness (QED) is 0.130. The van der Waals surface area contributed by atoms with E-state index in [2.05, 4.69) is 255 Å². The van der Waals surface area contributed by atoms with E-state index in [0.717, 1.165) is 144 Å². The minimum absolute atomic E-state index is 0.459. The molecule has 10 nitrogen and oxygen atoms in total. The van der Waals surface area contributed by atoms with Gasteiger partial charge in [-0.3, -0.25) is 0 Å². The van der Waals surface area contributed by atoms with Gasteiger partial charge in [-0.2, -0.15) is 10.5 Å². The monoisotopic (exact) mass is 1450 g/mol. The van der Waals surface area contributed by atoms with E-state index in [1.165, 1.54) is 11.1 Å². The standard InChI is InChI=1S/C104H60N8O2/c105-61-63-20-17-27-67(52-63)72-44-48-89-93(57-72)113-95-60-78(47-51-91(95)103(89)85-36-13-9-32-80(85)81-33-10-14-37-86(81)103)102-110-98(74-30-18-28-69(53-74)64-21-3-1-4-22-64)109-99(111-102)75-31-19-29-70(55-75)71-41-43-79(62-106)84(56-71)73-45-49-90-94(58-73)114-96-59-77(46-50-92(96)104(90)87-38-15-11-34-82(87)83-35-12-16-39-88(83)104)101-108-97(66-24-5-2-6-25-66)107-100(112-101)76-42-40-65-23-7-8-26-68(65)54-76/h1-60H.